The molecule has 0 aliphatic rings. The number of aromatic amines is 1. The van der Waals surface area contributed by atoms with Crippen molar-refractivity contribution in [2.45, 2.75) is 13.3 Å². The Labute approximate surface area is 128 Å². The van der Waals surface area contributed by atoms with Crippen molar-refractivity contribution in [3.8, 4) is 0 Å². The number of hydrogen-bond donors (Lipinski definition) is 2. The number of fused-ring (bicyclic) bond motifs is 1. The Hall–Kier alpha value is -2.82. The second kappa shape index (κ2) is 5.89. The molecular formula is C17H17N3O2. The molecule has 112 valence electrons. The molecule has 0 aliphatic heterocycles. The molecule has 3 aromatic rings. The fourth-order valence-electron chi connectivity index (χ4n) is 2.42. The van der Waals surface area contributed by atoms with E-state index in [2.05, 4.69) is 15.3 Å². The Morgan fingerprint density at radius 2 is 2.05 bits per heavy atom. The zero-order valence-electron chi connectivity index (χ0n) is 12.5. The molecule has 0 unspecified atom stereocenters. The minimum Gasteiger partial charge on any atom is -0.469 e. The molecule has 2 N–H and O–H groups in total. The molecule has 0 aliphatic carbocycles. The number of imidazole rings is 1. The highest BCUT2D eigenvalue weighted by Crippen LogP contribution is 2.23. The maximum atomic E-state index is 11.4. The number of aromatic nitrogens is 2. The van der Waals surface area contributed by atoms with Gasteiger partial charge in [0.15, 0.2) is 0 Å². The third-order valence-electron chi connectivity index (χ3n) is 3.45. The number of rotatable bonds is 4. The van der Waals surface area contributed by atoms with E-state index >= 15 is 0 Å². The Kier molecular flexibility index (Phi) is 3.78. The first-order valence-corrected chi connectivity index (χ1v) is 7.04. The summed E-state index contributed by atoms with van der Waals surface area (Å²) in [5, 5.41) is 3.23. The number of nitrogens with zero attached hydrogens (tertiary/aromatic N) is 1. The lowest BCUT2D eigenvalue weighted by molar-refractivity contribution is -0.139. The zero-order chi connectivity index (χ0) is 15.5. The van der Waals surface area contributed by atoms with Crippen molar-refractivity contribution in [1.82, 2.24) is 9.97 Å². The molecule has 5 nitrogen and oxygen atoms in total. The van der Waals surface area contributed by atoms with Crippen LogP contribution >= 0.6 is 0 Å². The Bertz CT molecular complexity index is 809. The summed E-state index contributed by atoms with van der Waals surface area (Å²) in [5.74, 6) is 0.431. The molecule has 0 saturated heterocycles. The Morgan fingerprint density at radius 3 is 2.77 bits per heavy atom. The average Bonchev–Trinajstić information content (AvgIpc) is 2.91. The summed E-state index contributed by atoms with van der Waals surface area (Å²) in [5.41, 5.74) is 4.69. The number of nitrogens with one attached hydrogen (secondary N) is 2. The third kappa shape index (κ3) is 2.93. The summed E-state index contributed by atoms with van der Waals surface area (Å²) < 4.78 is 4.71. The molecule has 0 saturated carbocycles. The number of para-hydroxylation sites is 1. The van der Waals surface area contributed by atoms with E-state index in [1.54, 1.807) is 0 Å². The number of aryl methyl sites for hydroxylation is 1. The second-order valence-electron chi connectivity index (χ2n) is 5.14. The van der Waals surface area contributed by atoms with Crippen LogP contribution < -0.4 is 5.32 Å². The smallest absolute Gasteiger partial charge is 0.309 e. The first-order chi connectivity index (χ1) is 10.7. The van der Waals surface area contributed by atoms with Crippen molar-refractivity contribution in [1.29, 1.82) is 0 Å². The van der Waals surface area contributed by atoms with Gasteiger partial charge in [-0.2, -0.15) is 0 Å². The van der Waals surface area contributed by atoms with Crippen molar-refractivity contribution in [2.24, 2.45) is 0 Å². The average molecular weight is 295 g/mol. The van der Waals surface area contributed by atoms with Crippen LogP contribution in [0.3, 0.4) is 0 Å². The number of anilines is 2. The van der Waals surface area contributed by atoms with E-state index in [1.807, 2.05) is 49.4 Å². The summed E-state index contributed by atoms with van der Waals surface area (Å²) in [6.07, 6.45) is 0.258. The van der Waals surface area contributed by atoms with Gasteiger partial charge in [0.1, 0.15) is 0 Å². The summed E-state index contributed by atoms with van der Waals surface area (Å²) in [6, 6.07) is 13.7. The van der Waals surface area contributed by atoms with Gasteiger partial charge in [-0.15, -0.1) is 0 Å². The van der Waals surface area contributed by atoms with Crippen molar-refractivity contribution in [2.75, 3.05) is 12.4 Å². The molecule has 3 rings (SSSR count). The van der Waals surface area contributed by atoms with Gasteiger partial charge in [-0.05, 0) is 36.2 Å². The highest BCUT2D eigenvalue weighted by atomic mass is 16.5. The Morgan fingerprint density at radius 1 is 1.27 bits per heavy atom. The lowest BCUT2D eigenvalue weighted by Gasteiger charge is -2.02. The minimum absolute atomic E-state index is 0.249. The van der Waals surface area contributed by atoms with Crippen LogP contribution in [0.4, 0.5) is 11.6 Å². The molecule has 5 heteroatoms. The molecule has 0 bridgehead atoms. The van der Waals surface area contributed by atoms with Crippen LogP contribution in [-0.2, 0) is 16.0 Å². The summed E-state index contributed by atoms with van der Waals surface area (Å²) >= 11 is 0. The van der Waals surface area contributed by atoms with E-state index in [-0.39, 0.29) is 12.4 Å². The molecule has 0 radical (unpaired) electrons. The molecule has 2 aromatic carbocycles. The molecule has 22 heavy (non-hydrogen) atoms. The Balaban J connectivity index is 1.92. The highest BCUT2D eigenvalue weighted by molar-refractivity contribution is 5.84. The van der Waals surface area contributed by atoms with Gasteiger partial charge in [0, 0.05) is 5.69 Å². The second-order valence-corrected chi connectivity index (χ2v) is 5.14. The quantitative estimate of drug-likeness (QED) is 0.724. The van der Waals surface area contributed by atoms with E-state index in [0.29, 0.717) is 5.95 Å². The summed E-state index contributed by atoms with van der Waals surface area (Å²) in [4.78, 5) is 19.2. The fourth-order valence-corrected chi connectivity index (χ4v) is 2.42. The standard InChI is InChI=1S/C17H17N3O2/c1-11-8-12(10-15(21)22-2)9-14-16(11)20-17(19-14)18-13-6-4-3-5-7-13/h3-9H,10H2,1-2H3,(H2,18,19,20). The monoisotopic (exact) mass is 295 g/mol. The molecule has 1 heterocycles. The van der Waals surface area contributed by atoms with Gasteiger partial charge < -0.3 is 15.0 Å². The number of esters is 1. The van der Waals surface area contributed by atoms with E-state index in [0.717, 1.165) is 27.8 Å². The molecule has 0 fully saturated rings. The third-order valence-corrected chi connectivity index (χ3v) is 3.45. The first-order valence-electron chi connectivity index (χ1n) is 7.04. The molecular weight excluding hydrogens is 278 g/mol. The van der Waals surface area contributed by atoms with Gasteiger partial charge in [-0.1, -0.05) is 24.3 Å². The van der Waals surface area contributed by atoms with Gasteiger partial charge in [0.25, 0.3) is 0 Å². The predicted octanol–water partition coefficient (Wildman–Crippen LogP) is 3.33. The van der Waals surface area contributed by atoms with E-state index in [1.165, 1.54) is 7.11 Å². The van der Waals surface area contributed by atoms with E-state index in [4.69, 9.17) is 4.74 Å². The van der Waals surface area contributed by atoms with Crippen molar-refractivity contribution in [3.63, 3.8) is 0 Å². The van der Waals surface area contributed by atoms with Gasteiger partial charge in [-0.3, -0.25) is 4.79 Å². The largest absolute Gasteiger partial charge is 0.469 e. The number of hydrogen-bond acceptors (Lipinski definition) is 4. The number of methoxy groups -OCH3 is 1. The SMILES string of the molecule is COC(=O)Cc1cc(C)c2nc(Nc3ccccc3)[nH]c2c1. The number of benzene rings is 2. The van der Waals surface area contributed by atoms with E-state index < -0.39 is 0 Å². The zero-order valence-corrected chi connectivity index (χ0v) is 12.5. The van der Waals surface area contributed by atoms with Crippen LogP contribution in [0.15, 0.2) is 42.5 Å². The maximum absolute atomic E-state index is 11.4. The lowest BCUT2D eigenvalue weighted by atomic mass is 10.1. The lowest BCUT2D eigenvalue weighted by Crippen LogP contribution is -2.04. The summed E-state index contributed by atoms with van der Waals surface area (Å²) in [7, 11) is 1.39. The molecule has 0 spiro atoms. The molecule has 1 aromatic heterocycles. The van der Waals surface area contributed by atoms with Gasteiger partial charge in [0.2, 0.25) is 5.95 Å². The van der Waals surface area contributed by atoms with Crippen molar-refractivity contribution in [3.05, 3.63) is 53.6 Å². The normalized spacial score (nSPS) is 10.6. The van der Waals surface area contributed by atoms with Gasteiger partial charge in [0.05, 0.1) is 24.6 Å². The number of carbonyl (C=O) groups is 1. The van der Waals surface area contributed by atoms with Crippen LogP contribution in [-0.4, -0.2) is 23.0 Å². The predicted molar refractivity (Wildman–Crippen MR) is 86.3 cm³/mol. The van der Waals surface area contributed by atoms with Gasteiger partial charge >= 0.3 is 5.97 Å². The van der Waals surface area contributed by atoms with Crippen LogP contribution in [0.25, 0.3) is 11.0 Å². The first kappa shape index (κ1) is 14.1. The van der Waals surface area contributed by atoms with E-state index in [9.17, 15) is 4.79 Å². The van der Waals surface area contributed by atoms with Crippen LogP contribution in [0.2, 0.25) is 0 Å². The number of ether oxygens (including phenoxy) is 1. The minimum atomic E-state index is -0.249. The topological polar surface area (TPSA) is 67.0 Å². The number of carbonyl (C=O) groups excluding carboxylic acids is 1. The highest BCUT2D eigenvalue weighted by Gasteiger charge is 2.10. The maximum Gasteiger partial charge on any atom is 0.309 e. The van der Waals surface area contributed by atoms with Crippen LogP contribution in [0.5, 0.6) is 0 Å². The number of H-pyrrole nitrogens is 1. The van der Waals surface area contributed by atoms with Crippen LogP contribution in [0, 0.1) is 6.92 Å². The van der Waals surface area contributed by atoms with Crippen molar-refractivity contribution >= 4 is 28.6 Å². The molecule has 0 atom stereocenters. The fraction of sp³-hybridized carbons (Fsp3) is 0.176. The van der Waals surface area contributed by atoms with Crippen LogP contribution in [0.1, 0.15) is 11.1 Å². The summed E-state index contributed by atoms with van der Waals surface area (Å²) in [6.45, 7) is 1.98. The van der Waals surface area contributed by atoms with Gasteiger partial charge in [-0.25, -0.2) is 4.98 Å². The molecule has 0 amide bonds. The van der Waals surface area contributed by atoms with Crippen molar-refractivity contribution < 1.29 is 9.53 Å².